The van der Waals surface area contributed by atoms with E-state index in [0.717, 1.165) is 5.33 Å². The fourth-order valence-corrected chi connectivity index (χ4v) is 4.42. The lowest BCUT2D eigenvalue weighted by Gasteiger charge is -2.22. The molecule has 2 heteroatoms. The minimum absolute atomic E-state index is 0.620. The van der Waals surface area contributed by atoms with Crippen LogP contribution in [0.2, 0.25) is 0 Å². The molecule has 0 spiro atoms. The average Bonchev–Trinajstić information content (AvgIpc) is 2.67. The van der Waals surface area contributed by atoms with Gasteiger partial charge >= 0.3 is 0 Å². The SMILES string of the molecule is CC(Br)CCCC(CCC(CCCBr)c1ccccc1)c1ccccc1. The van der Waals surface area contributed by atoms with Gasteiger partial charge in [-0.05, 0) is 61.5 Å². The third-order valence-electron chi connectivity index (χ3n) is 5.25. The predicted octanol–water partition coefficient (Wildman–Crippen LogP) is 8.46. The van der Waals surface area contributed by atoms with Crippen molar-refractivity contribution in [2.45, 2.75) is 68.5 Å². The van der Waals surface area contributed by atoms with Crippen LogP contribution in [0.3, 0.4) is 0 Å². The van der Waals surface area contributed by atoms with Crippen molar-refractivity contribution in [3.63, 3.8) is 0 Å². The van der Waals surface area contributed by atoms with Crippen molar-refractivity contribution in [2.24, 2.45) is 0 Å². The molecule has 0 aromatic heterocycles. The Morgan fingerprint density at radius 1 is 0.654 bits per heavy atom. The molecule has 0 bridgehead atoms. The fourth-order valence-electron chi connectivity index (χ4n) is 3.78. The first kappa shape index (κ1) is 21.7. The molecule has 2 rings (SSSR count). The first-order valence-electron chi connectivity index (χ1n) is 10.0. The van der Waals surface area contributed by atoms with Gasteiger partial charge in [-0.3, -0.25) is 0 Å². The summed E-state index contributed by atoms with van der Waals surface area (Å²) in [6.45, 7) is 2.25. The number of hydrogen-bond donors (Lipinski definition) is 0. The molecule has 3 atom stereocenters. The molecule has 2 aromatic carbocycles. The van der Waals surface area contributed by atoms with Crippen LogP contribution in [0.25, 0.3) is 0 Å². The van der Waals surface area contributed by atoms with E-state index in [2.05, 4.69) is 99.4 Å². The molecule has 0 aliphatic carbocycles. The number of alkyl halides is 2. The van der Waals surface area contributed by atoms with E-state index in [-0.39, 0.29) is 0 Å². The minimum Gasteiger partial charge on any atom is -0.0928 e. The summed E-state index contributed by atoms with van der Waals surface area (Å²) in [5.74, 6) is 1.35. The monoisotopic (exact) mass is 478 g/mol. The van der Waals surface area contributed by atoms with Gasteiger partial charge < -0.3 is 0 Å². The van der Waals surface area contributed by atoms with Crippen LogP contribution in [0, 0.1) is 0 Å². The quantitative estimate of drug-likeness (QED) is 0.268. The van der Waals surface area contributed by atoms with Gasteiger partial charge in [0.05, 0.1) is 0 Å². The number of halogens is 2. The average molecular weight is 480 g/mol. The van der Waals surface area contributed by atoms with Crippen LogP contribution in [0.5, 0.6) is 0 Å². The van der Waals surface area contributed by atoms with E-state index in [4.69, 9.17) is 0 Å². The summed E-state index contributed by atoms with van der Waals surface area (Å²) in [6.07, 6.45) is 8.92. The zero-order valence-electron chi connectivity index (χ0n) is 15.9. The molecule has 3 unspecified atom stereocenters. The van der Waals surface area contributed by atoms with Crippen molar-refractivity contribution in [1.82, 2.24) is 0 Å². The fraction of sp³-hybridized carbons (Fsp3) is 0.500. The van der Waals surface area contributed by atoms with Gasteiger partial charge in [-0.2, -0.15) is 0 Å². The Balaban J connectivity index is 2.02. The summed E-state index contributed by atoms with van der Waals surface area (Å²) in [5.41, 5.74) is 3.02. The first-order chi connectivity index (χ1) is 12.7. The smallest absolute Gasteiger partial charge is 0.0117 e. The Labute approximate surface area is 177 Å². The van der Waals surface area contributed by atoms with Crippen molar-refractivity contribution in [3.8, 4) is 0 Å². The molecular formula is C24H32Br2. The van der Waals surface area contributed by atoms with Crippen LogP contribution < -0.4 is 0 Å². The van der Waals surface area contributed by atoms with Crippen molar-refractivity contribution in [3.05, 3.63) is 71.8 Å². The van der Waals surface area contributed by atoms with Gasteiger partial charge in [0, 0.05) is 10.2 Å². The zero-order valence-corrected chi connectivity index (χ0v) is 19.1. The third kappa shape index (κ3) is 7.96. The van der Waals surface area contributed by atoms with Crippen LogP contribution in [0.4, 0.5) is 0 Å². The molecule has 2 aromatic rings. The molecule has 0 nitrogen and oxygen atoms in total. The summed E-state index contributed by atoms with van der Waals surface area (Å²) < 4.78 is 0. The van der Waals surface area contributed by atoms with Gasteiger partial charge in [0.25, 0.3) is 0 Å². The molecule has 0 heterocycles. The highest BCUT2D eigenvalue weighted by Gasteiger charge is 2.17. The number of hydrogen-bond acceptors (Lipinski definition) is 0. The van der Waals surface area contributed by atoms with E-state index in [1.807, 2.05) is 0 Å². The second-order valence-electron chi connectivity index (χ2n) is 7.34. The van der Waals surface area contributed by atoms with Gasteiger partial charge in [-0.25, -0.2) is 0 Å². The van der Waals surface area contributed by atoms with Crippen LogP contribution in [-0.2, 0) is 0 Å². The standard InChI is InChI=1S/C24H32Br2/c1-20(26)10-8-15-23(21-11-4-2-5-12-21)17-18-24(16-9-19-25)22-13-6-3-7-14-22/h2-7,11-14,20,23-24H,8-10,15-19H2,1H3. The van der Waals surface area contributed by atoms with E-state index in [1.165, 1.54) is 56.1 Å². The summed E-state index contributed by atoms with van der Waals surface area (Å²) >= 11 is 7.31. The molecule has 0 fully saturated rings. The third-order valence-corrected chi connectivity index (χ3v) is 6.26. The molecule has 0 amide bonds. The van der Waals surface area contributed by atoms with E-state index >= 15 is 0 Å². The Morgan fingerprint density at radius 3 is 1.54 bits per heavy atom. The van der Waals surface area contributed by atoms with Crippen LogP contribution >= 0.6 is 31.9 Å². The van der Waals surface area contributed by atoms with Gasteiger partial charge in [0.1, 0.15) is 0 Å². The molecule has 0 radical (unpaired) electrons. The van der Waals surface area contributed by atoms with Crippen molar-refractivity contribution in [1.29, 1.82) is 0 Å². The largest absolute Gasteiger partial charge is 0.0928 e. The molecule has 0 aliphatic rings. The maximum Gasteiger partial charge on any atom is 0.0117 e. The summed E-state index contributed by atoms with van der Waals surface area (Å²) in [7, 11) is 0. The summed E-state index contributed by atoms with van der Waals surface area (Å²) in [4.78, 5) is 0.620. The Hall–Kier alpha value is -0.600. The van der Waals surface area contributed by atoms with Crippen LogP contribution in [0.15, 0.2) is 60.7 Å². The maximum atomic E-state index is 3.70. The predicted molar refractivity (Wildman–Crippen MR) is 123 cm³/mol. The lowest BCUT2D eigenvalue weighted by Crippen LogP contribution is -2.06. The van der Waals surface area contributed by atoms with Crippen LogP contribution in [-0.4, -0.2) is 10.2 Å². The van der Waals surface area contributed by atoms with E-state index in [1.54, 1.807) is 0 Å². The second kappa shape index (κ2) is 12.7. The lowest BCUT2D eigenvalue weighted by atomic mass is 9.83. The Morgan fingerprint density at radius 2 is 1.12 bits per heavy atom. The molecule has 0 N–H and O–H groups in total. The Bertz CT molecular complexity index is 580. The van der Waals surface area contributed by atoms with Gasteiger partial charge in [0.15, 0.2) is 0 Å². The maximum absolute atomic E-state index is 3.70. The highest BCUT2D eigenvalue weighted by atomic mass is 79.9. The first-order valence-corrected chi connectivity index (χ1v) is 12.0. The summed E-state index contributed by atoms with van der Waals surface area (Å²) in [5, 5.41) is 1.10. The molecule has 0 saturated heterocycles. The Kier molecular flexibility index (Phi) is 10.6. The normalized spacial score (nSPS) is 14.7. The zero-order chi connectivity index (χ0) is 18.6. The van der Waals surface area contributed by atoms with E-state index < -0.39 is 0 Å². The van der Waals surface area contributed by atoms with Crippen LogP contribution in [0.1, 0.15) is 74.8 Å². The minimum atomic E-state index is 0.620. The number of rotatable bonds is 12. The topological polar surface area (TPSA) is 0 Å². The highest BCUT2D eigenvalue weighted by Crippen LogP contribution is 2.34. The molecule has 0 saturated carbocycles. The highest BCUT2D eigenvalue weighted by molar-refractivity contribution is 9.09. The van der Waals surface area contributed by atoms with Crippen molar-refractivity contribution < 1.29 is 0 Å². The van der Waals surface area contributed by atoms with E-state index in [9.17, 15) is 0 Å². The van der Waals surface area contributed by atoms with Gasteiger partial charge in [0.2, 0.25) is 0 Å². The molecule has 0 aliphatic heterocycles. The molecule has 142 valence electrons. The number of benzene rings is 2. The second-order valence-corrected chi connectivity index (χ2v) is 9.69. The van der Waals surface area contributed by atoms with Gasteiger partial charge in [-0.1, -0.05) is 106 Å². The van der Waals surface area contributed by atoms with Crippen molar-refractivity contribution in [2.75, 3.05) is 5.33 Å². The summed E-state index contributed by atoms with van der Waals surface area (Å²) in [6, 6.07) is 22.3. The van der Waals surface area contributed by atoms with Crippen molar-refractivity contribution >= 4 is 31.9 Å². The van der Waals surface area contributed by atoms with E-state index in [0.29, 0.717) is 16.7 Å². The molecule has 26 heavy (non-hydrogen) atoms. The van der Waals surface area contributed by atoms with Gasteiger partial charge in [-0.15, -0.1) is 0 Å². The molecular weight excluding hydrogens is 448 g/mol. The lowest BCUT2D eigenvalue weighted by molar-refractivity contribution is 0.471.